The van der Waals surface area contributed by atoms with Gasteiger partial charge in [0.25, 0.3) is 0 Å². The maximum absolute atomic E-state index is 3.60. The third kappa shape index (κ3) is 4.43. The average molecular weight is 197 g/mol. The van der Waals surface area contributed by atoms with E-state index in [-0.39, 0.29) is 0 Å². The van der Waals surface area contributed by atoms with E-state index >= 15 is 0 Å². The summed E-state index contributed by atoms with van der Waals surface area (Å²) in [5.74, 6) is 0. The van der Waals surface area contributed by atoms with Crippen molar-refractivity contribution in [2.75, 3.05) is 13.1 Å². The molecule has 1 saturated heterocycles. The second-order valence-corrected chi connectivity index (χ2v) is 4.30. The van der Waals surface area contributed by atoms with Gasteiger partial charge in [0.2, 0.25) is 0 Å². The Morgan fingerprint density at radius 1 is 1.14 bits per heavy atom. The Labute approximate surface area is 88.8 Å². The molecule has 0 aromatic carbocycles. The lowest BCUT2D eigenvalue weighted by atomic mass is 10.0. The molecular formula is C12H25N2. The fourth-order valence-corrected chi connectivity index (χ4v) is 1.99. The molecule has 0 aliphatic carbocycles. The molecule has 2 atom stereocenters. The van der Waals surface area contributed by atoms with Gasteiger partial charge >= 0.3 is 0 Å². The van der Waals surface area contributed by atoms with Crippen LogP contribution in [0.25, 0.3) is 0 Å². The van der Waals surface area contributed by atoms with Gasteiger partial charge in [-0.2, -0.15) is 0 Å². The predicted molar refractivity (Wildman–Crippen MR) is 62.3 cm³/mol. The predicted octanol–water partition coefficient (Wildman–Crippen LogP) is 2.11. The summed E-state index contributed by atoms with van der Waals surface area (Å²) in [5, 5.41) is 7.14. The van der Waals surface area contributed by atoms with Crippen LogP contribution in [0.15, 0.2) is 0 Å². The summed E-state index contributed by atoms with van der Waals surface area (Å²) in [7, 11) is 0. The topological polar surface area (TPSA) is 24.1 Å². The van der Waals surface area contributed by atoms with Crippen LogP contribution in [0, 0.1) is 6.42 Å². The van der Waals surface area contributed by atoms with Crippen molar-refractivity contribution in [3.8, 4) is 0 Å². The minimum Gasteiger partial charge on any atom is -0.311 e. The second kappa shape index (κ2) is 7.24. The van der Waals surface area contributed by atoms with Crippen molar-refractivity contribution in [1.29, 1.82) is 0 Å². The van der Waals surface area contributed by atoms with Gasteiger partial charge in [-0.25, -0.2) is 0 Å². The first-order chi connectivity index (χ1) is 6.86. The van der Waals surface area contributed by atoms with Crippen molar-refractivity contribution in [3.63, 3.8) is 0 Å². The van der Waals surface area contributed by atoms with Crippen LogP contribution in [0.4, 0.5) is 0 Å². The van der Waals surface area contributed by atoms with Gasteiger partial charge in [-0.3, -0.25) is 0 Å². The minimum absolute atomic E-state index is 0.585. The van der Waals surface area contributed by atoms with Crippen LogP contribution >= 0.6 is 0 Å². The Hall–Kier alpha value is -0.0800. The SMILES string of the molecule is C[CH]C1CNC(CCCCCC)CN1. The smallest absolute Gasteiger partial charge is 0.0221 e. The molecule has 83 valence electrons. The van der Waals surface area contributed by atoms with Gasteiger partial charge in [-0.1, -0.05) is 39.5 Å². The first-order valence-corrected chi connectivity index (χ1v) is 6.13. The van der Waals surface area contributed by atoms with Crippen LogP contribution in [-0.4, -0.2) is 25.2 Å². The average Bonchev–Trinajstić information content (AvgIpc) is 2.25. The molecule has 0 bridgehead atoms. The highest BCUT2D eigenvalue weighted by molar-refractivity contribution is 4.88. The fraction of sp³-hybridized carbons (Fsp3) is 0.917. The van der Waals surface area contributed by atoms with Crippen LogP contribution in [0.5, 0.6) is 0 Å². The summed E-state index contributed by atoms with van der Waals surface area (Å²) < 4.78 is 0. The highest BCUT2D eigenvalue weighted by Crippen LogP contribution is 2.07. The molecule has 1 aliphatic heterocycles. The molecule has 1 radical (unpaired) electrons. The zero-order valence-electron chi connectivity index (χ0n) is 9.68. The summed E-state index contributed by atoms with van der Waals surface area (Å²) in [4.78, 5) is 0. The van der Waals surface area contributed by atoms with Crippen LogP contribution in [0.2, 0.25) is 0 Å². The molecule has 2 heteroatoms. The summed E-state index contributed by atoms with van der Waals surface area (Å²) in [5.41, 5.74) is 0. The molecule has 1 fully saturated rings. The van der Waals surface area contributed by atoms with Crippen LogP contribution < -0.4 is 10.6 Å². The van der Waals surface area contributed by atoms with Crippen molar-refractivity contribution in [1.82, 2.24) is 10.6 Å². The van der Waals surface area contributed by atoms with Crippen molar-refractivity contribution < 1.29 is 0 Å². The van der Waals surface area contributed by atoms with E-state index in [2.05, 4.69) is 30.9 Å². The minimum atomic E-state index is 0.585. The van der Waals surface area contributed by atoms with E-state index in [1.165, 1.54) is 32.1 Å². The number of hydrogen-bond acceptors (Lipinski definition) is 2. The molecule has 2 unspecified atom stereocenters. The zero-order valence-corrected chi connectivity index (χ0v) is 9.68. The van der Waals surface area contributed by atoms with Gasteiger partial charge in [-0.15, -0.1) is 0 Å². The summed E-state index contributed by atoms with van der Waals surface area (Å²) >= 11 is 0. The molecule has 0 amide bonds. The highest BCUT2D eigenvalue weighted by Gasteiger charge is 2.17. The van der Waals surface area contributed by atoms with Gasteiger partial charge in [0.15, 0.2) is 0 Å². The molecule has 14 heavy (non-hydrogen) atoms. The van der Waals surface area contributed by atoms with Crippen molar-refractivity contribution in [2.45, 2.75) is 58.0 Å². The number of rotatable bonds is 6. The Balaban J connectivity index is 1.98. The fourth-order valence-electron chi connectivity index (χ4n) is 1.99. The van der Waals surface area contributed by atoms with Gasteiger partial charge in [0, 0.05) is 25.2 Å². The van der Waals surface area contributed by atoms with Crippen LogP contribution in [-0.2, 0) is 0 Å². The lowest BCUT2D eigenvalue weighted by Crippen LogP contribution is -2.54. The first-order valence-electron chi connectivity index (χ1n) is 6.13. The lowest BCUT2D eigenvalue weighted by Gasteiger charge is -2.30. The Kier molecular flexibility index (Phi) is 6.20. The van der Waals surface area contributed by atoms with Crippen molar-refractivity contribution in [2.24, 2.45) is 0 Å². The molecular weight excluding hydrogens is 172 g/mol. The van der Waals surface area contributed by atoms with E-state index in [0.717, 1.165) is 13.1 Å². The Morgan fingerprint density at radius 3 is 2.57 bits per heavy atom. The largest absolute Gasteiger partial charge is 0.311 e. The summed E-state index contributed by atoms with van der Waals surface area (Å²) in [6.45, 7) is 6.64. The van der Waals surface area contributed by atoms with E-state index < -0.39 is 0 Å². The lowest BCUT2D eigenvalue weighted by molar-refractivity contribution is 0.346. The monoisotopic (exact) mass is 197 g/mol. The zero-order chi connectivity index (χ0) is 10.2. The van der Waals surface area contributed by atoms with Gasteiger partial charge < -0.3 is 10.6 Å². The molecule has 1 rings (SSSR count). The third-order valence-electron chi connectivity index (χ3n) is 3.06. The number of unbranched alkanes of at least 4 members (excludes halogenated alkanes) is 3. The third-order valence-corrected chi connectivity index (χ3v) is 3.06. The molecule has 0 aromatic heterocycles. The molecule has 2 nitrogen and oxygen atoms in total. The standard InChI is InChI=1S/C12H25N2/c1-3-5-6-7-8-12-10-13-11(4-2)9-14-12/h4,11-14H,3,5-10H2,1-2H3. The first kappa shape index (κ1) is 12.0. The van der Waals surface area contributed by atoms with Crippen LogP contribution in [0.3, 0.4) is 0 Å². The summed E-state index contributed by atoms with van der Waals surface area (Å²) in [6, 6.07) is 1.30. The van der Waals surface area contributed by atoms with E-state index in [4.69, 9.17) is 0 Å². The normalized spacial score (nSPS) is 27.9. The van der Waals surface area contributed by atoms with Crippen molar-refractivity contribution in [3.05, 3.63) is 6.42 Å². The molecule has 1 aliphatic rings. The van der Waals surface area contributed by atoms with E-state index in [1.807, 2.05) is 0 Å². The second-order valence-electron chi connectivity index (χ2n) is 4.30. The Morgan fingerprint density at radius 2 is 2.00 bits per heavy atom. The van der Waals surface area contributed by atoms with Crippen molar-refractivity contribution >= 4 is 0 Å². The van der Waals surface area contributed by atoms with Gasteiger partial charge in [-0.05, 0) is 12.8 Å². The molecule has 1 heterocycles. The maximum atomic E-state index is 3.60. The van der Waals surface area contributed by atoms with E-state index in [1.54, 1.807) is 0 Å². The number of nitrogens with one attached hydrogen (secondary N) is 2. The van der Waals surface area contributed by atoms with E-state index in [9.17, 15) is 0 Å². The summed E-state index contributed by atoms with van der Waals surface area (Å²) in [6.07, 6.45) is 9.09. The Bertz CT molecular complexity index is 128. The maximum Gasteiger partial charge on any atom is 0.0221 e. The van der Waals surface area contributed by atoms with Crippen LogP contribution in [0.1, 0.15) is 46.0 Å². The number of hydrogen-bond donors (Lipinski definition) is 2. The van der Waals surface area contributed by atoms with E-state index in [0.29, 0.717) is 12.1 Å². The van der Waals surface area contributed by atoms with Gasteiger partial charge in [0.1, 0.15) is 0 Å². The van der Waals surface area contributed by atoms with Gasteiger partial charge in [0.05, 0.1) is 0 Å². The molecule has 2 N–H and O–H groups in total. The molecule has 0 spiro atoms. The quantitative estimate of drug-likeness (QED) is 0.637. The number of piperazine rings is 1. The highest BCUT2D eigenvalue weighted by atomic mass is 15.1. The molecule has 0 aromatic rings. The molecule has 0 saturated carbocycles.